The second-order valence-electron chi connectivity index (χ2n) is 9.27. The van der Waals surface area contributed by atoms with E-state index in [0.717, 1.165) is 36.4 Å². The Morgan fingerprint density at radius 1 is 1.08 bits per heavy atom. The topological polar surface area (TPSA) is 133 Å². The molecule has 11 heteroatoms. The molecule has 1 unspecified atom stereocenters. The predicted molar refractivity (Wildman–Crippen MR) is 149 cm³/mol. The molecular formula is C27H30N10O. The molecule has 0 bridgehead atoms. The van der Waals surface area contributed by atoms with E-state index in [1.807, 2.05) is 43.3 Å². The molecule has 1 aliphatic rings. The molecule has 5 rings (SSSR count). The Bertz CT molecular complexity index is 1430. The van der Waals surface area contributed by atoms with Crippen molar-refractivity contribution in [1.82, 2.24) is 35.1 Å². The number of rotatable bonds is 9. The van der Waals surface area contributed by atoms with Crippen molar-refractivity contribution in [2.24, 2.45) is 0 Å². The number of anilines is 4. The van der Waals surface area contributed by atoms with Gasteiger partial charge in [0.05, 0.1) is 17.6 Å². The fourth-order valence-electron chi connectivity index (χ4n) is 4.07. The third-order valence-electron chi connectivity index (χ3n) is 5.94. The minimum absolute atomic E-state index is 0.210. The van der Waals surface area contributed by atoms with Crippen molar-refractivity contribution < 1.29 is 4.79 Å². The Balaban J connectivity index is 1.33. The van der Waals surface area contributed by atoms with Crippen LogP contribution in [-0.2, 0) is 4.79 Å². The molecule has 0 aromatic carbocycles. The SMILES string of the molecule is CN(C)C/C=C/C(=O)Nc1ccnc(-c2nccc3cnc(Nc4ccc(NC5CCNC5)nc4)nc23)c1. The average molecular weight is 511 g/mol. The monoisotopic (exact) mass is 510 g/mol. The number of nitrogens with one attached hydrogen (secondary N) is 4. The highest BCUT2D eigenvalue weighted by Gasteiger charge is 2.15. The number of carbonyl (C=O) groups excluding carboxylic acids is 1. The fourth-order valence-corrected chi connectivity index (χ4v) is 4.07. The van der Waals surface area contributed by atoms with Gasteiger partial charge >= 0.3 is 0 Å². The van der Waals surface area contributed by atoms with Gasteiger partial charge in [0, 0.05) is 54.9 Å². The zero-order chi connectivity index (χ0) is 26.3. The van der Waals surface area contributed by atoms with E-state index >= 15 is 0 Å². The highest BCUT2D eigenvalue weighted by molar-refractivity contribution is 6.00. The van der Waals surface area contributed by atoms with E-state index < -0.39 is 0 Å². The second kappa shape index (κ2) is 11.7. The number of fused-ring (bicyclic) bond motifs is 1. The molecule has 1 aliphatic heterocycles. The van der Waals surface area contributed by atoms with Crippen LogP contribution in [-0.4, -0.2) is 75.5 Å². The van der Waals surface area contributed by atoms with Gasteiger partial charge in [-0.1, -0.05) is 6.08 Å². The highest BCUT2D eigenvalue weighted by Crippen LogP contribution is 2.26. The number of nitrogens with zero attached hydrogens (tertiary/aromatic N) is 6. The van der Waals surface area contributed by atoms with Crippen LogP contribution < -0.4 is 21.3 Å². The summed E-state index contributed by atoms with van der Waals surface area (Å²) in [6.07, 6.45) is 11.2. The lowest BCUT2D eigenvalue weighted by Gasteiger charge is -2.12. The molecule has 194 valence electrons. The van der Waals surface area contributed by atoms with Crippen LogP contribution in [0.5, 0.6) is 0 Å². The maximum Gasteiger partial charge on any atom is 0.248 e. The Kier molecular flexibility index (Phi) is 7.76. The smallest absolute Gasteiger partial charge is 0.248 e. The quantitative estimate of drug-likeness (QED) is 0.249. The Labute approximate surface area is 220 Å². The number of amides is 1. The number of pyridine rings is 3. The van der Waals surface area contributed by atoms with Gasteiger partial charge in [0.2, 0.25) is 11.9 Å². The van der Waals surface area contributed by atoms with Crippen LogP contribution in [0.25, 0.3) is 22.3 Å². The van der Waals surface area contributed by atoms with Crippen molar-refractivity contribution in [3.05, 3.63) is 67.3 Å². The van der Waals surface area contributed by atoms with Gasteiger partial charge in [-0.15, -0.1) is 0 Å². The van der Waals surface area contributed by atoms with Gasteiger partial charge in [-0.2, -0.15) is 0 Å². The molecule has 1 saturated heterocycles. The minimum Gasteiger partial charge on any atom is -0.366 e. The molecule has 11 nitrogen and oxygen atoms in total. The number of hydrogen-bond acceptors (Lipinski definition) is 10. The summed E-state index contributed by atoms with van der Waals surface area (Å²) in [6, 6.07) is 9.65. The standard InChI is InChI=1S/C27H30N10O/c1-37(2)13-3-4-24(38)34-19-9-12-29-22(14-19)26-25-18(7-11-30-26)15-32-27(36-25)35-20-5-6-23(31-17-20)33-21-8-10-28-16-21/h3-7,9,11-12,14-15,17,21,28H,8,10,13,16H2,1-2H3,(H,31,33)(H,29,34,38)(H,32,35,36)/b4-3+. The summed E-state index contributed by atoms with van der Waals surface area (Å²) >= 11 is 0. The predicted octanol–water partition coefficient (Wildman–Crippen LogP) is 3.06. The molecule has 5 heterocycles. The van der Waals surface area contributed by atoms with E-state index in [2.05, 4.69) is 41.2 Å². The molecule has 38 heavy (non-hydrogen) atoms. The van der Waals surface area contributed by atoms with E-state index in [0.29, 0.717) is 41.1 Å². The first-order chi connectivity index (χ1) is 18.5. The summed E-state index contributed by atoms with van der Waals surface area (Å²) in [4.78, 5) is 37.0. The van der Waals surface area contributed by atoms with Crippen LogP contribution in [0.4, 0.5) is 23.1 Å². The lowest BCUT2D eigenvalue weighted by molar-refractivity contribution is -0.111. The maximum absolute atomic E-state index is 12.3. The summed E-state index contributed by atoms with van der Waals surface area (Å²) in [6.45, 7) is 2.65. The van der Waals surface area contributed by atoms with Gasteiger partial charge in [-0.25, -0.2) is 15.0 Å². The van der Waals surface area contributed by atoms with Gasteiger partial charge in [0.15, 0.2) is 0 Å². The Morgan fingerprint density at radius 3 is 2.76 bits per heavy atom. The fraction of sp³-hybridized carbons (Fsp3) is 0.259. The molecule has 4 N–H and O–H groups in total. The van der Waals surface area contributed by atoms with Gasteiger partial charge in [0.1, 0.15) is 17.0 Å². The zero-order valence-electron chi connectivity index (χ0n) is 21.3. The number of hydrogen-bond donors (Lipinski definition) is 4. The first-order valence-corrected chi connectivity index (χ1v) is 12.4. The largest absolute Gasteiger partial charge is 0.366 e. The third-order valence-corrected chi connectivity index (χ3v) is 5.94. The highest BCUT2D eigenvalue weighted by atomic mass is 16.1. The molecule has 1 fully saturated rings. The van der Waals surface area contributed by atoms with Crippen molar-refractivity contribution in [3.63, 3.8) is 0 Å². The van der Waals surface area contributed by atoms with Gasteiger partial charge in [-0.3, -0.25) is 14.8 Å². The summed E-state index contributed by atoms with van der Waals surface area (Å²) in [5.74, 6) is 1.05. The van der Waals surface area contributed by atoms with Crippen LogP contribution in [0.2, 0.25) is 0 Å². The molecule has 1 amide bonds. The van der Waals surface area contributed by atoms with E-state index in [4.69, 9.17) is 4.98 Å². The summed E-state index contributed by atoms with van der Waals surface area (Å²) < 4.78 is 0. The molecule has 0 saturated carbocycles. The summed E-state index contributed by atoms with van der Waals surface area (Å²) in [7, 11) is 3.89. The van der Waals surface area contributed by atoms with E-state index in [9.17, 15) is 4.79 Å². The van der Waals surface area contributed by atoms with E-state index in [1.54, 1.807) is 36.9 Å². The van der Waals surface area contributed by atoms with E-state index in [1.165, 1.54) is 6.08 Å². The van der Waals surface area contributed by atoms with Gasteiger partial charge < -0.3 is 26.2 Å². The first kappa shape index (κ1) is 25.2. The molecular weight excluding hydrogens is 480 g/mol. The van der Waals surface area contributed by atoms with Crippen molar-refractivity contribution in [1.29, 1.82) is 0 Å². The molecule has 1 atom stereocenters. The lowest BCUT2D eigenvalue weighted by atomic mass is 10.1. The summed E-state index contributed by atoms with van der Waals surface area (Å²) in [5, 5.41) is 13.7. The van der Waals surface area contributed by atoms with Crippen molar-refractivity contribution >= 4 is 40.0 Å². The van der Waals surface area contributed by atoms with Gasteiger partial charge in [-0.05, 0) is 57.4 Å². The number of carbonyl (C=O) groups is 1. The zero-order valence-corrected chi connectivity index (χ0v) is 21.3. The van der Waals surface area contributed by atoms with Crippen molar-refractivity contribution in [2.45, 2.75) is 12.5 Å². The van der Waals surface area contributed by atoms with Crippen LogP contribution in [0.1, 0.15) is 6.42 Å². The third kappa shape index (κ3) is 6.44. The summed E-state index contributed by atoms with van der Waals surface area (Å²) in [5.41, 5.74) is 3.22. The normalized spacial score (nSPS) is 15.3. The molecule has 0 aliphatic carbocycles. The number of likely N-dealkylation sites (N-methyl/N-ethyl adjacent to an activating group) is 1. The number of aromatic nitrogens is 5. The molecule has 4 aromatic rings. The first-order valence-electron chi connectivity index (χ1n) is 12.4. The maximum atomic E-state index is 12.3. The van der Waals surface area contributed by atoms with Crippen LogP contribution >= 0.6 is 0 Å². The van der Waals surface area contributed by atoms with Crippen LogP contribution in [0.3, 0.4) is 0 Å². The van der Waals surface area contributed by atoms with Gasteiger partial charge in [0.25, 0.3) is 0 Å². The minimum atomic E-state index is -0.210. The molecule has 4 aromatic heterocycles. The van der Waals surface area contributed by atoms with Crippen LogP contribution in [0, 0.1) is 0 Å². The lowest BCUT2D eigenvalue weighted by Crippen LogP contribution is -2.22. The van der Waals surface area contributed by atoms with Crippen molar-refractivity contribution in [2.75, 3.05) is 49.7 Å². The average Bonchev–Trinajstić information content (AvgIpc) is 3.42. The Hall–Kier alpha value is -4.48. The van der Waals surface area contributed by atoms with E-state index in [-0.39, 0.29) is 5.91 Å². The molecule has 0 spiro atoms. The second-order valence-corrected chi connectivity index (χ2v) is 9.27. The van der Waals surface area contributed by atoms with Crippen LogP contribution in [0.15, 0.2) is 67.3 Å². The Morgan fingerprint density at radius 2 is 1.97 bits per heavy atom. The van der Waals surface area contributed by atoms with Crippen molar-refractivity contribution in [3.8, 4) is 11.4 Å². The molecule has 0 radical (unpaired) electrons.